The summed E-state index contributed by atoms with van der Waals surface area (Å²) in [5, 5.41) is 13.0. The molecule has 1 saturated heterocycles. The molecule has 0 bridgehead atoms. The number of aromatic nitrogens is 2. The Morgan fingerprint density at radius 1 is 0.891 bits per heavy atom. The number of H-pyrrole nitrogens is 1. The molecule has 0 spiro atoms. The van der Waals surface area contributed by atoms with Gasteiger partial charge in [0, 0.05) is 12.3 Å². The van der Waals surface area contributed by atoms with Crippen molar-refractivity contribution in [1.82, 2.24) is 14.9 Å². The minimum atomic E-state index is -5.29. The maximum Gasteiger partial charge on any atom is 0.471 e. The second kappa shape index (κ2) is 13.2. The van der Waals surface area contributed by atoms with Crippen molar-refractivity contribution in [2.75, 3.05) is 20.8 Å². The molecule has 1 amide bonds. The molecule has 1 fully saturated rings. The smallest absolute Gasteiger partial charge is 0.471 e. The molecule has 1 aliphatic rings. The van der Waals surface area contributed by atoms with Crippen molar-refractivity contribution in [3.8, 4) is 11.5 Å². The number of methoxy groups -OCH3 is 2. The lowest BCUT2D eigenvalue weighted by molar-refractivity contribution is -0.175. The van der Waals surface area contributed by atoms with Crippen LogP contribution < -0.4 is 26.0 Å². The van der Waals surface area contributed by atoms with Gasteiger partial charge in [0.15, 0.2) is 6.23 Å². The molecule has 0 saturated carbocycles. The molecular formula is C32H30F3N3O8. The number of carbonyl (C=O) groups excluding carboxylic acids is 1. The Morgan fingerprint density at radius 3 is 1.93 bits per heavy atom. The van der Waals surface area contributed by atoms with Gasteiger partial charge in [-0.25, -0.2) is 4.79 Å². The number of rotatable bonds is 10. The molecule has 5 rings (SSSR count). The van der Waals surface area contributed by atoms with E-state index < -0.39 is 60.0 Å². The number of alkyl halides is 3. The van der Waals surface area contributed by atoms with Crippen molar-refractivity contribution in [1.29, 1.82) is 0 Å². The van der Waals surface area contributed by atoms with Crippen LogP contribution in [0.1, 0.15) is 22.9 Å². The molecular weight excluding hydrogens is 611 g/mol. The molecule has 14 heteroatoms. The number of halogens is 3. The third-order valence-electron chi connectivity index (χ3n) is 7.69. The SMILES string of the molecule is COc1ccc(C(OC[C@H]2O[C@@H](n3ccc(=O)[nH]c3=O)C(NC(=O)C(F)(F)F)[C@H]2O)(c2ccccc2)c2ccc(OC)cc2)cc1. The Labute approximate surface area is 260 Å². The summed E-state index contributed by atoms with van der Waals surface area (Å²) in [7, 11) is 3.05. The Hall–Kier alpha value is -4.92. The van der Waals surface area contributed by atoms with E-state index in [0.29, 0.717) is 28.2 Å². The first-order valence-corrected chi connectivity index (χ1v) is 14.0. The van der Waals surface area contributed by atoms with Crippen LogP contribution in [0.5, 0.6) is 11.5 Å². The highest BCUT2D eigenvalue weighted by molar-refractivity contribution is 5.82. The predicted octanol–water partition coefficient (Wildman–Crippen LogP) is 2.87. The monoisotopic (exact) mass is 641 g/mol. The van der Waals surface area contributed by atoms with Crippen molar-refractivity contribution in [3.05, 3.63) is 129 Å². The Balaban J connectivity index is 1.58. The number of benzene rings is 3. The third kappa shape index (κ3) is 6.40. The fourth-order valence-corrected chi connectivity index (χ4v) is 5.42. The fraction of sp³-hybridized carbons (Fsp3) is 0.281. The van der Waals surface area contributed by atoms with E-state index in [4.69, 9.17) is 18.9 Å². The Morgan fingerprint density at radius 2 is 1.43 bits per heavy atom. The molecule has 4 aromatic rings. The van der Waals surface area contributed by atoms with Gasteiger partial charge in [-0.1, -0.05) is 54.6 Å². The average Bonchev–Trinajstić information content (AvgIpc) is 3.36. The molecule has 1 aliphatic heterocycles. The molecule has 0 aliphatic carbocycles. The molecule has 3 N–H and O–H groups in total. The quantitative estimate of drug-likeness (QED) is 0.225. The van der Waals surface area contributed by atoms with Gasteiger partial charge in [0.05, 0.1) is 20.8 Å². The summed E-state index contributed by atoms with van der Waals surface area (Å²) in [5.41, 5.74) is -1.23. The van der Waals surface area contributed by atoms with Crippen molar-refractivity contribution in [2.24, 2.45) is 0 Å². The van der Waals surface area contributed by atoms with E-state index in [1.165, 1.54) is 14.2 Å². The zero-order valence-electron chi connectivity index (χ0n) is 24.6. The van der Waals surface area contributed by atoms with Crippen LogP contribution in [-0.4, -0.2) is 65.8 Å². The van der Waals surface area contributed by atoms with Crippen LogP contribution in [0.4, 0.5) is 13.2 Å². The summed E-state index contributed by atoms with van der Waals surface area (Å²) < 4.78 is 63.9. The number of nitrogens with zero attached hydrogens (tertiary/aromatic N) is 1. The highest BCUT2D eigenvalue weighted by atomic mass is 19.4. The second-order valence-electron chi connectivity index (χ2n) is 10.4. The van der Waals surface area contributed by atoms with Gasteiger partial charge < -0.3 is 29.4 Å². The van der Waals surface area contributed by atoms with Gasteiger partial charge in [0.1, 0.15) is 35.3 Å². The number of nitrogens with one attached hydrogen (secondary N) is 2. The molecule has 1 aromatic heterocycles. The van der Waals surface area contributed by atoms with E-state index in [2.05, 4.69) is 0 Å². The molecule has 0 radical (unpaired) electrons. The average molecular weight is 642 g/mol. The molecule has 3 aromatic carbocycles. The molecule has 4 atom stereocenters. The molecule has 242 valence electrons. The Kier molecular flexibility index (Phi) is 9.32. The van der Waals surface area contributed by atoms with Crippen molar-refractivity contribution >= 4 is 5.91 Å². The van der Waals surface area contributed by atoms with E-state index in [1.807, 2.05) is 35.3 Å². The number of aliphatic hydroxyl groups is 1. The van der Waals surface area contributed by atoms with E-state index in [1.54, 1.807) is 53.8 Å². The highest BCUT2D eigenvalue weighted by Crippen LogP contribution is 2.43. The maximum atomic E-state index is 13.3. The van der Waals surface area contributed by atoms with Crippen LogP contribution in [0.2, 0.25) is 0 Å². The van der Waals surface area contributed by atoms with Crippen LogP contribution in [0.3, 0.4) is 0 Å². The summed E-state index contributed by atoms with van der Waals surface area (Å²) in [6.45, 7) is -0.429. The normalized spacial score (nSPS) is 19.9. The standard InChI is InChI=1S/C32H30F3N3O8/c1-43-22-12-8-20(9-13-22)31(19-6-4-3-5-7-19,21-10-14-23(44-2)15-11-21)45-18-24-27(40)26(37-29(41)32(33,34)35)28(46-24)38-17-16-25(39)36-30(38)42/h3-17,24,26-28,40H,18H2,1-2H3,(H,37,41)(H,36,39,42)/t24-,26?,27+,28-/m1/s1. The summed E-state index contributed by atoms with van der Waals surface area (Å²) in [5.74, 6) is -1.20. The van der Waals surface area contributed by atoms with E-state index in [-0.39, 0.29) is 0 Å². The lowest BCUT2D eigenvalue weighted by atomic mass is 9.80. The van der Waals surface area contributed by atoms with Crippen LogP contribution in [-0.2, 0) is 19.9 Å². The maximum absolute atomic E-state index is 13.3. The van der Waals surface area contributed by atoms with Crippen LogP contribution >= 0.6 is 0 Å². The molecule has 2 heterocycles. The second-order valence-corrected chi connectivity index (χ2v) is 10.4. The zero-order valence-corrected chi connectivity index (χ0v) is 24.6. The number of carbonyl (C=O) groups is 1. The van der Waals surface area contributed by atoms with Crippen LogP contribution in [0.25, 0.3) is 0 Å². The first-order valence-electron chi connectivity index (χ1n) is 14.0. The highest BCUT2D eigenvalue weighted by Gasteiger charge is 2.50. The summed E-state index contributed by atoms with van der Waals surface area (Å²) in [6.07, 6.45) is -9.07. The Bertz CT molecular complexity index is 1710. The summed E-state index contributed by atoms with van der Waals surface area (Å²) in [6, 6.07) is 22.4. The molecule has 1 unspecified atom stereocenters. The predicted molar refractivity (Wildman–Crippen MR) is 157 cm³/mol. The van der Waals surface area contributed by atoms with Crippen LogP contribution in [0, 0.1) is 0 Å². The first kappa shape index (κ1) is 32.5. The first-order chi connectivity index (χ1) is 22.0. The molecule has 11 nitrogen and oxygen atoms in total. The molecule has 46 heavy (non-hydrogen) atoms. The number of aromatic amines is 1. The largest absolute Gasteiger partial charge is 0.497 e. The van der Waals surface area contributed by atoms with Gasteiger partial charge in [-0.2, -0.15) is 13.2 Å². The number of ether oxygens (including phenoxy) is 4. The van der Waals surface area contributed by atoms with Crippen molar-refractivity contribution in [3.63, 3.8) is 0 Å². The van der Waals surface area contributed by atoms with Crippen LogP contribution in [0.15, 0.2) is 101 Å². The van der Waals surface area contributed by atoms with E-state index in [0.717, 1.165) is 16.8 Å². The van der Waals surface area contributed by atoms with Gasteiger partial charge in [0.2, 0.25) is 0 Å². The van der Waals surface area contributed by atoms with Crippen molar-refractivity contribution < 1.29 is 42.0 Å². The van der Waals surface area contributed by atoms with E-state index >= 15 is 0 Å². The van der Waals surface area contributed by atoms with E-state index in [9.17, 15) is 32.7 Å². The number of amides is 1. The van der Waals surface area contributed by atoms with Gasteiger partial charge in [0.25, 0.3) is 5.56 Å². The third-order valence-corrected chi connectivity index (χ3v) is 7.69. The minimum Gasteiger partial charge on any atom is -0.497 e. The number of hydrogen-bond acceptors (Lipinski definition) is 8. The van der Waals surface area contributed by atoms with Gasteiger partial charge in [-0.15, -0.1) is 0 Å². The van der Waals surface area contributed by atoms with Gasteiger partial charge >= 0.3 is 17.8 Å². The lowest BCUT2D eigenvalue weighted by Gasteiger charge is -2.37. The van der Waals surface area contributed by atoms with Gasteiger partial charge in [-0.3, -0.25) is 19.1 Å². The topological polar surface area (TPSA) is 141 Å². The summed E-state index contributed by atoms with van der Waals surface area (Å²) >= 11 is 0. The fourth-order valence-electron chi connectivity index (χ4n) is 5.42. The summed E-state index contributed by atoms with van der Waals surface area (Å²) in [4.78, 5) is 38.2. The lowest BCUT2D eigenvalue weighted by Crippen LogP contribution is -2.52. The van der Waals surface area contributed by atoms with Gasteiger partial charge in [-0.05, 0) is 41.0 Å². The number of aliphatic hydroxyl groups excluding tert-OH is 1. The number of hydrogen-bond donors (Lipinski definition) is 3. The minimum absolute atomic E-state index is 0.429. The zero-order chi connectivity index (χ0) is 33.1. The van der Waals surface area contributed by atoms with Crippen molar-refractivity contribution in [2.45, 2.75) is 36.3 Å².